The predicted octanol–water partition coefficient (Wildman–Crippen LogP) is 3.82. The average molecular weight is 405 g/mol. The molecule has 0 bridgehead atoms. The zero-order valence-electron chi connectivity index (χ0n) is 16.1. The molecule has 0 atom stereocenters. The van der Waals surface area contributed by atoms with Crippen molar-refractivity contribution >= 4 is 34.2 Å². The van der Waals surface area contributed by atoms with Crippen LogP contribution in [0, 0.1) is 6.92 Å². The molecule has 8 heteroatoms. The molecule has 0 spiro atoms. The van der Waals surface area contributed by atoms with Crippen molar-refractivity contribution in [1.29, 1.82) is 0 Å². The van der Waals surface area contributed by atoms with Gasteiger partial charge in [-0.3, -0.25) is 4.79 Å². The van der Waals surface area contributed by atoms with Crippen LogP contribution in [-0.2, 0) is 14.3 Å². The molecule has 0 radical (unpaired) electrons. The minimum absolute atomic E-state index is 0.0520. The van der Waals surface area contributed by atoms with Gasteiger partial charge in [0.25, 0.3) is 0 Å². The molecule has 0 fully saturated rings. The summed E-state index contributed by atoms with van der Waals surface area (Å²) in [6.45, 7) is 5.45. The van der Waals surface area contributed by atoms with Crippen molar-refractivity contribution < 1.29 is 28.6 Å². The second-order valence-corrected chi connectivity index (χ2v) is 6.70. The molecule has 1 N–H and O–H groups in total. The van der Waals surface area contributed by atoms with E-state index in [1.807, 2.05) is 18.2 Å². The van der Waals surface area contributed by atoms with Gasteiger partial charge in [-0.15, -0.1) is 11.3 Å². The number of ether oxygens (including phenoxy) is 3. The van der Waals surface area contributed by atoms with Crippen LogP contribution in [0.1, 0.15) is 45.9 Å². The number of para-hydroxylation sites is 1. The van der Waals surface area contributed by atoms with E-state index in [-0.39, 0.29) is 47.6 Å². The highest BCUT2D eigenvalue weighted by Gasteiger charge is 2.27. The maximum atomic E-state index is 12.4. The van der Waals surface area contributed by atoms with Crippen molar-refractivity contribution in [1.82, 2.24) is 0 Å². The highest BCUT2D eigenvalue weighted by molar-refractivity contribution is 7.18. The van der Waals surface area contributed by atoms with Crippen LogP contribution in [0.5, 0.6) is 5.75 Å². The smallest absolute Gasteiger partial charge is 0.348 e. The molecule has 7 nitrogen and oxygen atoms in total. The lowest BCUT2D eigenvalue weighted by Gasteiger charge is -2.07. The fraction of sp³-hybridized carbons (Fsp3) is 0.350. The Labute approximate surface area is 167 Å². The molecule has 1 aromatic heterocycles. The monoisotopic (exact) mass is 405 g/mol. The third kappa shape index (κ3) is 5.56. The number of carbonyl (C=O) groups is 3. The zero-order valence-corrected chi connectivity index (χ0v) is 16.9. The number of thiophene rings is 1. The normalized spacial score (nSPS) is 10.2. The molecule has 28 heavy (non-hydrogen) atoms. The minimum atomic E-state index is -0.589. The van der Waals surface area contributed by atoms with Gasteiger partial charge in [0.2, 0.25) is 5.91 Å². The average Bonchev–Trinajstić information content (AvgIpc) is 3.02. The van der Waals surface area contributed by atoms with Gasteiger partial charge in [-0.25, -0.2) is 9.59 Å². The van der Waals surface area contributed by atoms with Crippen LogP contribution < -0.4 is 10.1 Å². The topological polar surface area (TPSA) is 90.9 Å². The van der Waals surface area contributed by atoms with Crippen molar-refractivity contribution in [3.05, 3.63) is 46.3 Å². The zero-order chi connectivity index (χ0) is 20.5. The van der Waals surface area contributed by atoms with Gasteiger partial charge in [0, 0.05) is 6.42 Å². The Morgan fingerprint density at radius 1 is 1.00 bits per heavy atom. The van der Waals surface area contributed by atoms with Gasteiger partial charge in [-0.2, -0.15) is 0 Å². The van der Waals surface area contributed by atoms with Crippen molar-refractivity contribution in [2.75, 3.05) is 25.1 Å². The first kappa shape index (κ1) is 21.4. The summed E-state index contributed by atoms with van der Waals surface area (Å²) >= 11 is 0.998. The van der Waals surface area contributed by atoms with E-state index in [1.54, 1.807) is 32.9 Å². The first-order chi connectivity index (χ1) is 13.5. The second kappa shape index (κ2) is 10.5. The highest BCUT2D eigenvalue weighted by atomic mass is 32.1. The molecule has 0 saturated carbocycles. The maximum Gasteiger partial charge on any atom is 0.348 e. The van der Waals surface area contributed by atoms with Gasteiger partial charge in [0.15, 0.2) is 0 Å². The molecule has 0 saturated heterocycles. The molecule has 150 valence electrons. The summed E-state index contributed by atoms with van der Waals surface area (Å²) in [5.74, 6) is -0.751. The number of nitrogens with one attached hydrogen (secondary N) is 1. The summed E-state index contributed by atoms with van der Waals surface area (Å²) in [5, 5.41) is 2.94. The van der Waals surface area contributed by atoms with E-state index in [0.717, 1.165) is 11.3 Å². The van der Waals surface area contributed by atoms with Crippen molar-refractivity contribution in [3.8, 4) is 5.75 Å². The highest BCUT2D eigenvalue weighted by Crippen LogP contribution is 2.34. The van der Waals surface area contributed by atoms with Crippen LogP contribution in [0.2, 0.25) is 0 Å². The number of hydrogen-bond acceptors (Lipinski definition) is 7. The summed E-state index contributed by atoms with van der Waals surface area (Å²) in [5.41, 5.74) is 0.602. The quantitative estimate of drug-likeness (QED) is 0.504. The van der Waals surface area contributed by atoms with Gasteiger partial charge in [0.1, 0.15) is 28.8 Å². The molecule has 2 rings (SSSR count). The van der Waals surface area contributed by atoms with Crippen LogP contribution in [-0.4, -0.2) is 37.7 Å². The van der Waals surface area contributed by atoms with Gasteiger partial charge in [0.05, 0.1) is 12.2 Å². The molecule has 0 unspecified atom stereocenters. The Balaban J connectivity index is 2.08. The molecule has 1 amide bonds. The van der Waals surface area contributed by atoms with Crippen LogP contribution in [0.25, 0.3) is 0 Å². The summed E-state index contributed by atoms with van der Waals surface area (Å²) < 4.78 is 15.8. The predicted molar refractivity (Wildman–Crippen MR) is 106 cm³/mol. The van der Waals surface area contributed by atoms with Gasteiger partial charge in [-0.05, 0) is 31.5 Å². The number of amides is 1. The van der Waals surface area contributed by atoms with E-state index in [9.17, 15) is 14.4 Å². The molecule has 1 heterocycles. The molecule has 2 aromatic rings. The van der Waals surface area contributed by atoms with Crippen LogP contribution in [0.15, 0.2) is 30.3 Å². The van der Waals surface area contributed by atoms with Gasteiger partial charge in [-0.1, -0.05) is 25.1 Å². The van der Waals surface area contributed by atoms with Crippen LogP contribution in [0.3, 0.4) is 0 Å². The number of hydrogen-bond donors (Lipinski definition) is 1. The van der Waals surface area contributed by atoms with E-state index >= 15 is 0 Å². The third-order valence-electron chi connectivity index (χ3n) is 3.71. The van der Waals surface area contributed by atoms with Gasteiger partial charge < -0.3 is 19.5 Å². The van der Waals surface area contributed by atoms with E-state index in [4.69, 9.17) is 14.2 Å². The van der Waals surface area contributed by atoms with Crippen molar-refractivity contribution in [2.45, 2.75) is 27.2 Å². The van der Waals surface area contributed by atoms with Crippen molar-refractivity contribution in [2.24, 2.45) is 0 Å². The van der Waals surface area contributed by atoms with Crippen LogP contribution in [0.4, 0.5) is 5.00 Å². The first-order valence-corrected chi connectivity index (χ1v) is 9.74. The second-order valence-electron chi connectivity index (χ2n) is 5.68. The standard InChI is InChI=1S/C20H23NO6S/c1-4-15(22)21-18-16(19(23)25-5-2)13(3)17(28-18)20(24)27-12-11-26-14-9-7-6-8-10-14/h6-10H,4-5,11-12H2,1-3H3,(H,21,22). The number of rotatable bonds is 9. The lowest BCUT2D eigenvalue weighted by Crippen LogP contribution is -2.14. The van der Waals surface area contributed by atoms with E-state index in [1.165, 1.54) is 0 Å². The number of benzene rings is 1. The molecular formula is C20H23NO6S. The molecular weight excluding hydrogens is 382 g/mol. The van der Waals surface area contributed by atoms with Crippen LogP contribution >= 0.6 is 11.3 Å². The molecule has 0 aliphatic rings. The molecule has 0 aliphatic heterocycles. The Hall–Kier alpha value is -2.87. The fourth-order valence-electron chi connectivity index (χ4n) is 2.34. The summed E-state index contributed by atoms with van der Waals surface area (Å²) in [6, 6.07) is 9.18. The Bertz CT molecular complexity index is 831. The molecule has 0 aliphatic carbocycles. The lowest BCUT2D eigenvalue weighted by atomic mass is 10.1. The van der Waals surface area contributed by atoms with Gasteiger partial charge >= 0.3 is 11.9 Å². The third-order valence-corrected chi connectivity index (χ3v) is 4.90. The Morgan fingerprint density at radius 3 is 2.36 bits per heavy atom. The summed E-state index contributed by atoms with van der Waals surface area (Å²) in [4.78, 5) is 36.7. The molecule has 1 aromatic carbocycles. The Morgan fingerprint density at radius 2 is 1.71 bits per heavy atom. The summed E-state index contributed by atoms with van der Waals surface area (Å²) in [7, 11) is 0. The van der Waals surface area contributed by atoms with E-state index in [2.05, 4.69) is 5.32 Å². The SMILES string of the molecule is CCOC(=O)c1c(NC(=O)CC)sc(C(=O)OCCOc2ccccc2)c1C. The number of esters is 2. The number of carbonyl (C=O) groups excluding carboxylic acids is 3. The summed E-state index contributed by atoms with van der Waals surface area (Å²) in [6.07, 6.45) is 0.246. The minimum Gasteiger partial charge on any atom is -0.490 e. The maximum absolute atomic E-state index is 12.4. The lowest BCUT2D eigenvalue weighted by molar-refractivity contribution is -0.115. The fourth-order valence-corrected chi connectivity index (χ4v) is 3.44. The van der Waals surface area contributed by atoms with Crippen molar-refractivity contribution in [3.63, 3.8) is 0 Å². The number of anilines is 1. The first-order valence-electron chi connectivity index (χ1n) is 8.93. The van der Waals surface area contributed by atoms with E-state index in [0.29, 0.717) is 11.3 Å². The van der Waals surface area contributed by atoms with E-state index < -0.39 is 11.9 Å². The largest absolute Gasteiger partial charge is 0.490 e. The Kier molecular flexibility index (Phi) is 8.01.